The highest BCUT2D eigenvalue weighted by Gasteiger charge is 2.40. The molecule has 0 aromatic rings. The van der Waals surface area contributed by atoms with Gasteiger partial charge < -0.3 is 15.2 Å². The molecule has 0 aromatic carbocycles. The van der Waals surface area contributed by atoms with Crippen LogP contribution in [0.3, 0.4) is 0 Å². The minimum atomic E-state index is -0.895. The van der Waals surface area contributed by atoms with Gasteiger partial charge in [-0.25, -0.2) is 4.79 Å². The highest BCUT2D eigenvalue weighted by molar-refractivity contribution is 5.86. The van der Waals surface area contributed by atoms with Crippen LogP contribution in [0.2, 0.25) is 0 Å². The Bertz CT molecular complexity index is 356. The van der Waals surface area contributed by atoms with E-state index < -0.39 is 17.6 Å². The highest BCUT2D eigenvalue weighted by atomic mass is 16.5. The van der Waals surface area contributed by atoms with Crippen molar-refractivity contribution in [3.63, 3.8) is 0 Å². The molecule has 2 aliphatic rings. The summed E-state index contributed by atoms with van der Waals surface area (Å²) in [6.07, 6.45) is 0.527. The molecule has 0 saturated carbocycles. The first kappa shape index (κ1) is 13.3. The number of nitrogens with zero attached hydrogens (tertiary/aromatic N) is 1. The van der Waals surface area contributed by atoms with Crippen LogP contribution in [0.15, 0.2) is 0 Å². The Morgan fingerprint density at radius 1 is 1.56 bits per heavy atom. The topological polar surface area (TPSA) is 78.9 Å². The predicted octanol–water partition coefficient (Wildman–Crippen LogP) is -0.171. The molecule has 2 aliphatic heterocycles. The SMILES string of the molecule is CC1(C)C(=O)NCCN1CC1CCC(C(=O)O)O1. The molecule has 0 radical (unpaired) electrons. The number of carboxylic acid groups (broad SMARTS) is 1. The van der Waals surface area contributed by atoms with Crippen molar-refractivity contribution in [1.29, 1.82) is 0 Å². The van der Waals surface area contributed by atoms with Crippen molar-refractivity contribution < 1.29 is 19.4 Å². The Balaban J connectivity index is 1.94. The number of aliphatic carboxylic acids is 1. The average molecular weight is 256 g/mol. The standard InChI is InChI=1S/C12H20N2O4/c1-12(2)11(17)13-5-6-14(12)7-8-3-4-9(18-8)10(15)16/h8-9H,3-7H2,1-2H3,(H,13,17)(H,15,16). The summed E-state index contributed by atoms with van der Waals surface area (Å²) < 4.78 is 5.48. The fourth-order valence-corrected chi connectivity index (χ4v) is 2.53. The van der Waals surface area contributed by atoms with E-state index in [2.05, 4.69) is 10.2 Å². The van der Waals surface area contributed by atoms with E-state index in [9.17, 15) is 9.59 Å². The fourth-order valence-electron chi connectivity index (χ4n) is 2.53. The van der Waals surface area contributed by atoms with Crippen LogP contribution in [-0.2, 0) is 14.3 Å². The molecule has 2 rings (SSSR count). The zero-order valence-corrected chi connectivity index (χ0v) is 10.8. The van der Waals surface area contributed by atoms with Crippen molar-refractivity contribution in [2.45, 2.75) is 44.4 Å². The first-order valence-electron chi connectivity index (χ1n) is 6.33. The van der Waals surface area contributed by atoms with Crippen molar-refractivity contribution in [3.05, 3.63) is 0 Å². The first-order chi connectivity index (χ1) is 8.41. The summed E-state index contributed by atoms with van der Waals surface area (Å²) in [5.74, 6) is -0.880. The largest absolute Gasteiger partial charge is 0.479 e. The molecule has 2 heterocycles. The number of carbonyl (C=O) groups is 2. The molecular formula is C12H20N2O4. The third-order valence-electron chi connectivity index (χ3n) is 3.82. The molecular weight excluding hydrogens is 236 g/mol. The van der Waals surface area contributed by atoms with Crippen LogP contribution in [-0.4, -0.2) is 59.3 Å². The lowest BCUT2D eigenvalue weighted by Gasteiger charge is -2.42. The molecule has 0 spiro atoms. The third kappa shape index (κ3) is 2.49. The molecule has 1 amide bonds. The number of hydrogen-bond acceptors (Lipinski definition) is 4. The molecule has 18 heavy (non-hydrogen) atoms. The second-order valence-electron chi connectivity index (χ2n) is 5.42. The number of carbonyl (C=O) groups excluding carboxylic acids is 1. The van der Waals surface area contributed by atoms with Crippen LogP contribution in [0, 0.1) is 0 Å². The molecule has 2 saturated heterocycles. The second-order valence-corrected chi connectivity index (χ2v) is 5.42. The number of amides is 1. The molecule has 6 nitrogen and oxygen atoms in total. The van der Waals surface area contributed by atoms with E-state index in [1.807, 2.05) is 13.8 Å². The van der Waals surface area contributed by atoms with Gasteiger partial charge in [-0.15, -0.1) is 0 Å². The molecule has 102 valence electrons. The van der Waals surface area contributed by atoms with E-state index in [-0.39, 0.29) is 12.0 Å². The number of carboxylic acids is 1. The number of rotatable bonds is 3. The van der Waals surface area contributed by atoms with E-state index in [1.54, 1.807) is 0 Å². The number of nitrogens with one attached hydrogen (secondary N) is 1. The monoisotopic (exact) mass is 256 g/mol. The van der Waals surface area contributed by atoms with E-state index in [4.69, 9.17) is 9.84 Å². The Kier molecular flexibility index (Phi) is 3.59. The third-order valence-corrected chi connectivity index (χ3v) is 3.82. The second kappa shape index (κ2) is 4.85. The molecule has 0 bridgehead atoms. The summed E-state index contributed by atoms with van der Waals surface area (Å²) in [6.45, 7) is 5.79. The van der Waals surface area contributed by atoms with Crippen LogP contribution in [0.25, 0.3) is 0 Å². The van der Waals surface area contributed by atoms with Crippen LogP contribution >= 0.6 is 0 Å². The smallest absolute Gasteiger partial charge is 0.332 e. The predicted molar refractivity (Wildman–Crippen MR) is 64.2 cm³/mol. The molecule has 2 N–H and O–H groups in total. The summed E-state index contributed by atoms with van der Waals surface area (Å²) in [6, 6.07) is 0. The fraction of sp³-hybridized carbons (Fsp3) is 0.833. The van der Waals surface area contributed by atoms with Crippen LogP contribution in [0.1, 0.15) is 26.7 Å². The maximum atomic E-state index is 11.8. The van der Waals surface area contributed by atoms with Crippen molar-refractivity contribution >= 4 is 11.9 Å². The van der Waals surface area contributed by atoms with Gasteiger partial charge in [0.1, 0.15) is 0 Å². The van der Waals surface area contributed by atoms with E-state index >= 15 is 0 Å². The Morgan fingerprint density at radius 2 is 2.28 bits per heavy atom. The summed E-state index contributed by atoms with van der Waals surface area (Å²) in [4.78, 5) is 24.7. The van der Waals surface area contributed by atoms with Gasteiger partial charge in [0, 0.05) is 19.6 Å². The Morgan fingerprint density at radius 3 is 2.89 bits per heavy atom. The van der Waals surface area contributed by atoms with Crippen LogP contribution < -0.4 is 5.32 Å². The van der Waals surface area contributed by atoms with Crippen molar-refractivity contribution in [2.75, 3.05) is 19.6 Å². The van der Waals surface area contributed by atoms with Crippen molar-refractivity contribution in [2.24, 2.45) is 0 Å². The molecule has 2 unspecified atom stereocenters. The summed E-state index contributed by atoms with van der Waals surface area (Å²) in [7, 11) is 0. The molecule has 6 heteroatoms. The average Bonchev–Trinajstić information content (AvgIpc) is 2.74. The molecule has 2 fully saturated rings. The maximum absolute atomic E-state index is 11.8. The Hall–Kier alpha value is -1.14. The van der Waals surface area contributed by atoms with Gasteiger partial charge in [-0.2, -0.15) is 0 Å². The Labute approximate surface area is 106 Å². The minimum absolute atomic E-state index is 0.0153. The van der Waals surface area contributed by atoms with E-state index in [0.717, 1.165) is 13.0 Å². The van der Waals surface area contributed by atoms with Gasteiger partial charge in [-0.3, -0.25) is 9.69 Å². The lowest BCUT2D eigenvalue weighted by molar-refractivity contribution is -0.151. The summed E-state index contributed by atoms with van der Waals surface area (Å²) >= 11 is 0. The van der Waals surface area contributed by atoms with Crippen molar-refractivity contribution in [1.82, 2.24) is 10.2 Å². The van der Waals surface area contributed by atoms with E-state index in [0.29, 0.717) is 19.5 Å². The summed E-state index contributed by atoms with van der Waals surface area (Å²) in [5.41, 5.74) is -0.553. The minimum Gasteiger partial charge on any atom is -0.479 e. The summed E-state index contributed by atoms with van der Waals surface area (Å²) in [5, 5.41) is 11.7. The molecule has 0 aromatic heterocycles. The highest BCUT2D eigenvalue weighted by Crippen LogP contribution is 2.24. The lowest BCUT2D eigenvalue weighted by Crippen LogP contribution is -2.62. The van der Waals surface area contributed by atoms with Gasteiger partial charge in [-0.1, -0.05) is 0 Å². The zero-order chi connectivity index (χ0) is 13.3. The van der Waals surface area contributed by atoms with E-state index in [1.165, 1.54) is 0 Å². The van der Waals surface area contributed by atoms with Gasteiger partial charge in [0.2, 0.25) is 5.91 Å². The van der Waals surface area contributed by atoms with Gasteiger partial charge in [0.25, 0.3) is 0 Å². The maximum Gasteiger partial charge on any atom is 0.332 e. The number of hydrogen-bond donors (Lipinski definition) is 2. The molecule has 0 aliphatic carbocycles. The number of piperazine rings is 1. The van der Waals surface area contributed by atoms with Crippen LogP contribution in [0.5, 0.6) is 0 Å². The van der Waals surface area contributed by atoms with Gasteiger partial charge in [-0.05, 0) is 26.7 Å². The lowest BCUT2D eigenvalue weighted by atomic mass is 9.98. The normalized spacial score (nSPS) is 32.2. The zero-order valence-electron chi connectivity index (χ0n) is 10.8. The van der Waals surface area contributed by atoms with Gasteiger partial charge >= 0.3 is 5.97 Å². The van der Waals surface area contributed by atoms with Gasteiger partial charge in [0.05, 0.1) is 11.6 Å². The number of ether oxygens (including phenoxy) is 1. The van der Waals surface area contributed by atoms with Gasteiger partial charge in [0.15, 0.2) is 6.10 Å². The van der Waals surface area contributed by atoms with Crippen molar-refractivity contribution in [3.8, 4) is 0 Å². The molecule has 2 atom stereocenters. The first-order valence-corrected chi connectivity index (χ1v) is 6.33. The van der Waals surface area contributed by atoms with Crippen LogP contribution in [0.4, 0.5) is 0 Å². The quantitative estimate of drug-likeness (QED) is 0.733.